The molecule has 64 heavy (non-hydrogen) atoms. The quantitative estimate of drug-likeness (QED) is 0.107. The van der Waals surface area contributed by atoms with Crippen LogP contribution < -0.4 is 20.1 Å². The molecule has 0 saturated heterocycles. The van der Waals surface area contributed by atoms with Gasteiger partial charge in [0.05, 0.1) is 56.0 Å². The first-order valence-corrected chi connectivity index (χ1v) is 24.3. The first-order chi connectivity index (χ1) is 30.8. The molecule has 2 aliphatic heterocycles. The Hall–Kier alpha value is -5.64. The van der Waals surface area contributed by atoms with Crippen LogP contribution in [-0.4, -0.2) is 96.5 Å². The number of aliphatic hydroxyl groups excluding tert-OH is 1. The maximum Gasteiger partial charge on any atom is 0.411 e. The molecule has 0 fully saturated rings. The Bertz CT molecular complexity index is 2480. The Morgan fingerprint density at radius 1 is 1.05 bits per heavy atom. The lowest BCUT2D eigenvalue weighted by atomic mass is 9.84. The predicted molar refractivity (Wildman–Crippen MR) is 256 cm³/mol. The third-order valence-electron chi connectivity index (χ3n) is 11.7. The van der Waals surface area contributed by atoms with Crippen LogP contribution in [0, 0.1) is 41.4 Å². The molecule has 0 spiro atoms. The van der Waals surface area contributed by atoms with Crippen molar-refractivity contribution in [2.24, 2.45) is 17.8 Å². The number of aromatic amines is 1. The van der Waals surface area contributed by atoms with Crippen molar-refractivity contribution in [2.75, 3.05) is 50.8 Å². The van der Waals surface area contributed by atoms with Gasteiger partial charge in [0.1, 0.15) is 6.10 Å². The van der Waals surface area contributed by atoms with Gasteiger partial charge in [0, 0.05) is 47.8 Å². The van der Waals surface area contributed by atoms with Gasteiger partial charge in [-0.05, 0) is 84.2 Å². The van der Waals surface area contributed by atoms with Crippen molar-refractivity contribution in [2.45, 2.75) is 72.1 Å². The second-order valence-corrected chi connectivity index (χ2v) is 19.7. The zero-order valence-corrected chi connectivity index (χ0v) is 39.2. The number of alkyl carbamates (subject to hydrolysis) is 1. The lowest BCUT2D eigenvalue weighted by molar-refractivity contribution is -0.118. The molecule has 6 rings (SSSR count). The molecule has 14 heteroatoms. The fraction of sp³-hybridized carbons (Fsp3) is 0.420. The number of methoxy groups -OCH3 is 1. The Morgan fingerprint density at radius 2 is 1.78 bits per heavy atom. The minimum Gasteiger partial charge on any atom is -0.489 e. The van der Waals surface area contributed by atoms with Gasteiger partial charge in [-0.3, -0.25) is 14.9 Å². The van der Waals surface area contributed by atoms with Gasteiger partial charge in [-0.2, -0.15) is 0 Å². The number of carbonyl (C=O) groups is 3. The molecule has 1 aliphatic carbocycles. The maximum absolute atomic E-state index is 14.3. The highest BCUT2D eigenvalue weighted by Gasteiger charge is 2.37. The zero-order valence-electron chi connectivity index (χ0n) is 37.5. The number of fused-ring (bicyclic) bond motifs is 3. The van der Waals surface area contributed by atoms with Crippen LogP contribution in [0.15, 0.2) is 83.7 Å². The number of carbonyl (C=O) groups excluding carboxylic acids is 3. The smallest absolute Gasteiger partial charge is 0.411 e. The van der Waals surface area contributed by atoms with Crippen molar-refractivity contribution < 1.29 is 38.4 Å². The van der Waals surface area contributed by atoms with Gasteiger partial charge < -0.3 is 39.3 Å². The minimum atomic E-state index is -1.15. The van der Waals surface area contributed by atoms with Crippen molar-refractivity contribution in [3.8, 4) is 35.2 Å². The molecule has 2 amide bonds. The van der Waals surface area contributed by atoms with E-state index in [0.29, 0.717) is 53.6 Å². The number of H-pyrrole nitrogens is 1. The summed E-state index contributed by atoms with van der Waals surface area (Å²) < 4.78 is 24.3. The summed E-state index contributed by atoms with van der Waals surface area (Å²) in [6.45, 7) is 11.5. The third-order valence-corrected chi connectivity index (χ3v) is 12.8. The fourth-order valence-electron chi connectivity index (χ4n) is 7.50. The summed E-state index contributed by atoms with van der Waals surface area (Å²) in [5.41, 5.74) is 4.97. The summed E-state index contributed by atoms with van der Waals surface area (Å²) in [5, 5.41) is 18.4. The number of rotatable bonds is 16. The number of ketones is 1. The number of aromatic nitrogens is 1. The van der Waals surface area contributed by atoms with E-state index >= 15 is 0 Å². The van der Waals surface area contributed by atoms with E-state index in [9.17, 15) is 19.5 Å². The van der Waals surface area contributed by atoms with Crippen molar-refractivity contribution in [1.29, 1.82) is 0 Å². The molecule has 0 radical (unpaired) electrons. The SMILES string of the molecule is CC#C/C=C\C#C[C@H](OCC(C)C(C)COc1cc2c(cc1OCC(C)CC)C(=O)N1C=C(c3cc4ccccc4[nH]3)CC1CN2)C1=C(NC(=O)OC)C(=O)C[C@H](O)/C1=C/CS(C)=S. The van der Waals surface area contributed by atoms with Gasteiger partial charge in [0.15, 0.2) is 17.3 Å². The first-order valence-electron chi connectivity index (χ1n) is 21.6. The molecule has 4 N–H and O–H groups in total. The molecule has 1 aromatic heterocycles. The van der Waals surface area contributed by atoms with Crippen LogP contribution in [0.1, 0.15) is 69.9 Å². The highest BCUT2D eigenvalue weighted by molar-refractivity contribution is 8.28. The van der Waals surface area contributed by atoms with Crippen LogP contribution in [-0.2, 0) is 34.9 Å². The highest BCUT2D eigenvalue weighted by Crippen LogP contribution is 2.40. The third kappa shape index (κ3) is 11.7. The molecule has 338 valence electrons. The Balaban J connectivity index is 1.23. The number of nitrogens with one attached hydrogen (secondary N) is 3. The number of aliphatic hydroxyl groups is 1. The van der Waals surface area contributed by atoms with Gasteiger partial charge in [-0.25, -0.2) is 4.79 Å². The van der Waals surface area contributed by atoms with E-state index in [1.165, 1.54) is 7.11 Å². The van der Waals surface area contributed by atoms with Crippen LogP contribution in [0.4, 0.5) is 10.5 Å². The van der Waals surface area contributed by atoms with Gasteiger partial charge in [-0.15, -0.1) is 15.4 Å². The summed E-state index contributed by atoms with van der Waals surface area (Å²) in [5.74, 6) is 12.7. The second kappa shape index (κ2) is 22.3. The lowest BCUT2D eigenvalue weighted by Crippen LogP contribution is -2.39. The fourth-order valence-corrected chi connectivity index (χ4v) is 8.12. The summed E-state index contributed by atoms with van der Waals surface area (Å²) in [4.78, 5) is 45.5. The Kier molecular flexibility index (Phi) is 16.7. The Morgan fingerprint density at radius 3 is 2.52 bits per heavy atom. The topological polar surface area (TPSA) is 151 Å². The highest BCUT2D eigenvalue weighted by atomic mass is 32.8. The number of hydrogen-bond acceptors (Lipinski definition) is 10. The number of amides is 2. The van der Waals surface area contributed by atoms with Gasteiger partial charge >= 0.3 is 6.09 Å². The van der Waals surface area contributed by atoms with Crippen molar-refractivity contribution in [3.63, 3.8) is 0 Å². The standard InChI is InChI=1S/C50H58N4O8S2/c1-8-10-11-12-13-18-44(47-37(19-20-64(7)63)42(55)25-43(56)48(47)53-50(58)59-6)61-29-32(4)33(5)30-62-46-24-41-38(23-45(46)60-28-31(3)9-2)49(57)54-27-35(21-36(54)26-51-41)40-22-34-16-14-15-17-39(34)52-40/h11-12,14-17,19,22-24,27,31-33,36,42,44,51-52,55H,9,20-21,25-26,28-30H2,1-7H3,(H,53,58)/b12-11-,37-19-/t31?,32?,33?,36?,42-,44-,64?/m0/s1. The van der Waals surface area contributed by atoms with Crippen molar-refractivity contribution in [1.82, 2.24) is 15.2 Å². The molecule has 0 saturated carbocycles. The number of benzene rings is 2. The first kappa shape index (κ1) is 47.8. The molecule has 5 unspecified atom stereocenters. The molecule has 7 atom stereocenters. The number of anilines is 1. The van der Waals surface area contributed by atoms with E-state index in [1.54, 1.807) is 31.2 Å². The second-order valence-electron chi connectivity index (χ2n) is 16.5. The molecule has 0 bridgehead atoms. The molecular formula is C50H58N4O8S2. The minimum absolute atomic E-state index is 0.0456. The van der Waals surface area contributed by atoms with Gasteiger partial charge in [0.25, 0.3) is 5.91 Å². The van der Waals surface area contributed by atoms with E-state index in [-0.39, 0.29) is 60.6 Å². The number of ether oxygens (including phenoxy) is 4. The largest absolute Gasteiger partial charge is 0.489 e. The van der Waals surface area contributed by atoms with Crippen LogP contribution in [0.5, 0.6) is 11.5 Å². The molecule has 3 aromatic rings. The molecule has 3 aliphatic rings. The van der Waals surface area contributed by atoms with Crippen molar-refractivity contribution >= 4 is 60.6 Å². The number of Topliss-reactive ketones (excluding diaryl/α,β-unsaturated/α-hetero) is 1. The number of hydrogen-bond donors (Lipinski definition) is 4. The van der Waals surface area contributed by atoms with E-state index in [4.69, 9.17) is 30.1 Å². The summed E-state index contributed by atoms with van der Waals surface area (Å²) in [6.07, 6.45) is 7.21. The molecule has 2 aromatic carbocycles. The maximum atomic E-state index is 14.3. The van der Waals surface area contributed by atoms with Crippen LogP contribution in [0.25, 0.3) is 16.5 Å². The zero-order chi connectivity index (χ0) is 45.9. The van der Waals surface area contributed by atoms with E-state index in [1.807, 2.05) is 49.4 Å². The molecular weight excluding hydrogens is 849 g/mol. The Labute approximate surface area is 383 Å². The number of para-hydroxylation sites is 1. The molecule has 12 nitrogen and oxygen atoms in total. The van der Waals surface area contributed by atoms with E-state index in [2.05, 4.69) is 71.3 Å². The number of allylic oxidation sites excluding steroid dienone is 3. The summed E-state index contributed by atoms with van der Waals surface area (Å²) in [6, 6.07) is 13.9. The summed E-state index contributed by atoms with van der Waals surface area (Å²) in [7, 11) is 0.771. The monoisotopic (exact) mass is 906 g/mol. The average molecular weight is 907 g/mol. The van der Waals surface area contributed by atoms with Crippen LogP contribution in [0.2, 0.25) is 0 Å². The number of nitrogens with zero attached hydrogens (tertiary/aromatic N) is 1. The van der Waals surface area contributed by atoms with Gasteiger partial charge in [-0.1, -0.05) is 87.3 Å². The average Bonchev–Trinajstić information content (AvgIpc) is 3.90. The van der Waals surface area contributed by atoms with Crippen molar-refractivity contribution in [3.05, 3.63) is 95.0 Å². The lowest BCUT2D eigenvalue weighted by Gasteiger charge is -2.30. The van der Waals surface area contributed by atoms with E-state index < -0.39 is 33.5 Å². The summed E-state index contributed by atoms with van der Waals surface area (Å²) >= 11 is 5.45. The van der Waals surface area contributed by atoms with Crippen LogP contribution >= 0.6 is 0 Å². The normalized spacial score (nSPS) is 20.1. The predicted octanol–water partition coefficient (Wildman–Crippen LogP) is 7.47. The van der Waals surface area contributed by atoms with Crippen LogP contribution in [0.3, 0.4) is 0 Å². The van der Waals surface area contributed by atoms with Gasteiger partial charge in [0.2, 0.25) is 0 Å². The van der Waals surface area contributed by atoms with E-state index in [0.717, 1.165) is 28.6 Å². The molecule has 3 heterocycles.